The molecule has 22 heavy (non-hydrogen) atoms. The van der Waals surface area contributed by atoms with Crippen LogP contribution in [-0.2, 0) is 0 Å². The molecular weight excluding hydrogens is 280 g/mol. The van der Waals surface area contributed by atoms with Gasteiger partial charge in [-0.3, -0.25) is 9.59 Å². The van der Waals surface area contributed by atoms with Crippen molar-refractivity contribution in [1.82, 2.24) is 10.2 Å². The van der Waals surface area contributed by atoms with E-state index in [1.807, 2.05) is 0 Å². The van der Waals surface area contributed by atoms with Gasteiger partial charge in [-0.25, -0.2) is 0 Å². The minimum absolute atomic E-state index is 0.0219. The number of rotatable bonds is 6. The number of hydrogen-bond donors (Lipinski definition) is 2. The lowest BCUT2D eigenvalue weighted by Gasteiger charge is -2.06. The molecule has 2 aromatic rings. The van der Waals surface area contributed by atoms with Crippen LogP contribution in [0.3, 0.4) is 0 Å². The van der Waals surface area contributed by atoms with Gasteiger partial charge in [-0.15, -0.1) is 16.8 Å². The summed E-state index contributed by atoms with van der Waals surface area (Å²) in [5.74, 6) is 0.187. The van der Waals surface area contributed by atoms with Crippen LogP contribution in [-0.4, -0.2) is 28.4 Å². The van der Waals surface area contributed by atoms with Gasteiger partial charge in [-0.1, -0.05) is 6.08 Å². The molecule has 1 heterocycles. The van der Waals surface area contributed by atoms with Gasteiger partial charge in [0.2, 0.25) is 0 Å². The fourth-order valence-electron chi connectivity index (χ4n) is 1.71. The van der Waals surface area contributed by atoms with Crippen LogP contribution in [0.1, 0.15) is 27.8 Å². The maximum atomic E-state index is 12.0. The SMILES string of the molecule is C=CCNc1ccc(C(=O)Nc2ccc(C(C)=O)cc2)nn1. The molecule has 0 saturated carbocycles. The van der Waals surface area contributed by atoms with Crippen LogP contribution in [0.15, 0.2) is 49.1 Å². The average molecular weight is 296 g/mol. The molecular formula is C16H16N4O2. The highest BCUT2D eigenvalue weighted by Crippen LogP contribution is 2.11. The van der Waals surface area contributed by atoms with Crippen molar-refractivity contribution in [2.45, 2.75) is 6.92 Å². The largest absolute Gasteiger partial charge is 0.365 e. The first-order valence-corrected chi connectivity index (χ1v) is 6.71. The highest BCUT2D eigenvalue weighted by atomic mass is 16.2. The fraction of sp³-hybridized carbons (Fsp3) is 0.125. The summed E-state index contributed by atoms with van der Waals surface area (Å²) in [5, 5.41) is 13.4. The highest BCUT2D eigenvalue weighted by molar-refractivity contribution is 6.03. The summed E-state index contributed by atoms with van der Waals surface area (Å²) >= 11 is 0. The maximum absolute atomic E-state index is 12.0. The molecule has 0 unspecified atom stereocenters. The van der Waals surface area contributed by atoms with Crippen molar-refractivity contribution < 1.29 is 9.59 Å². The Bertz CT molecular complexity index is 678. The smallest absolute Gasteiger partial charge is 0.276 e. The molecule has 0 spiro atoms. The van der Waals surface area contributed by atoms with Crippen LogP contribution in [0, 0.1) is 0 Å². The lowest BCUT2D eigenvalue weighted by atomic mass is 10.1. The number of aromatic nitrogens is 2. The summed E-state index contributed by atoms with van der Waals surface area (Å²) in [6.07, 6.45) is 1.70. The van der Waals surface area contributed by atoms with Crippen molar-refractivity contribution in [3.8, 4) is 0 Å². The second-order valence-corrected chi connectivity index (χ2v) is 4.56. The summed E-state index contributed by atoms with van der Waals surface area (Å²) in [4.78, 5) is 23.2. The number of amides is 1. The van der Waals surface area contributed by atoms with Crippen LogP contribution in [0.2, 0.25) is 0 Å². The van der Waals surface area contributed by atoms with Crippen molar-refractivity contribution in [3.63, 3.8) is 0 Å². The Balaban J connectivity index is 2.02. The van der Waals surface area contributed by atoms with Crippen LogP contribution >= 0.6 is 0 Å². The second-order valence-electron chi connectivity index (χ2n) is 4.56. The van der Waals surface area contributed by atoms with E-state index in [-0.39, 0.29) is 17.4 Å². The third-order valence-electron chi connectivity index (χ3n) is 2.87. The van der Waals surface area contributed by atoms with Gasteiger partial charge < -0.3 is 10.6 Å². The molecule has 0 atom stereocenters. The van der Waals surface area contributed by atoms with E-state index in [0.717, 1.165) is 0 Å². The number of nitrogens with one attached hydrogen (secondary N) is 2. The molecule has 2 rings (SSSR count). The van der Waals surface area contributed by atoms with E-state index in [0.29, 0.717) is 23.6 Å². The summed E-state index contributed by atoms with van der Waals surface area (Å²) in [7, 11) is 0. The van der Waals surface area contributed by atoms with E-state index < -0.39 is 0 Å². The molecule has 6 heteroatoms. The minimum atomic E-state index is -0.363. The van der Waals surface area contributed by atoms with Gasteiger partial charge in [0.25, 0.3) is 5.91 Å². The molecule has 0 bridgehead atoms. The molecule has 2 N–H and O–H groups in total. The van der Waals surface area contributed by atoms with Gasteiger partial charge in [0, 0.05) is 17.8 Å². The highest BCUT2D eigenvalue weighted by Gasteiger charge is 2.09. The first kappa shape index (κ1) is 15.4. The van der Waals surface area contributed by atoms with Crippen molar-refractivity contribution in [2.75, 3.05) is 17.2 Å². The predicted octanol–water partition coefficient (Wildman–Crippen LogP) is 2.53. The van der Waals surface area contributed by atoms with Gasteiger partial charge in [-0.2, -0.15) is 0 Å². The topological polar surface area (TPSA) is 84.0 Å². The van der Waals surface area contributed by atoms with Gasteiger partial charge in [0.15, 0.2) is 11.5 Å². The monoisotopic (exact) mass is 296 g/mol. The fourth-order valence-corrected chi connectivity index (χ4v) is 1.71. The van der Waals surface area contributed by atoms with E-state index in [1.165, 1.54) is 6.92 Å². The number of ketones is 1. The van der Waals surface area contributed by atoms with E-state index in [4.69, 9.17) is 0 Å². The zero-order chi connectivity index (χ0) is 15.9. The normalized spacial score (nSPS) is 9.86. The van der Waals surface area contributed by atoms with Crippen molar-refractivity contribution in [3.05, 3.63) is 60.3 Å². The molecule has 0 aliphatic rings. The van der Waals surface area contributed by atoms with Crippen LogP contribution in [0.4, 0.5) is 11.5 Å². The minimum Gasteiger partial charge on any atom is -0.365 e. The molecule has 0 aliphatic heterocycles. The Morgan fingerprint density at radius 1 is 1.14 bits per heavy atom. The van der Waals surface area contributed by atoms with Crippen LogP contribution in [0.5, 0.6) is 0 Å². The van der Waals surface area contributed by atoms with Crippen LogP contribution in [0.25, 0.3) is 0 Å². The molecule has 1 aromatic heterocycles. The molecule has 0 saturated heterocycles. The van der Waals surface area contributed by atoms with Crippen molar-refractivity contribution in [2.24, 2.45) is 0 Å². The standard InChI is InChI=1S/C16H16N4O2/c1-3-10-17-15-9-8-14(19-20-15)16(22)18-13-6-4-12(5-7-13)11(2)21/h3-9H,1,10H2,2H3,(H,17,20)(H,18,22). The number of carbonyl (C=O) groups is 2. The zero-order valence-electron chi connectivity index (χ0n) is 12.2. The average Bonchev–Trinajstić information content (AvgIpc) is 2.54. The molecule has 112 valence electrons. The Morgan fingerprint density at radius 3 is 2.41 bits per heavy atom. The number of carbonyl (C=O) groups excluding carboxylic acids is 2. The van der Waals surface area contributed by atoms with E-state index in [9.17, 15) is 9.59 Å². The van der Waals surface area contributed by atoms with E-state index in [2.05, 4.69) is 27.4 Å². The quantitative estimate of drug-likeness (QED) is 0.632. The third kappa shape index (κ3) is 3.99. The lowest BCUT2D eigenvalue weighted by Crippen LogP contribution is -2.15. The summed E-state index contributed by atoms with van der Waals surface area (Å²) < 4.78 is 0. The third-order valence-corrected chi connectivity index (χ3v) is 2.87. The zero-order valence-corrected chi connectivity index (χ0v) is 12.2. The number of nitrogens with zero attached hydrogens (tertiary/aromatic N) is 2. The number of benzene rings is 1. The van der Waals surface area contributed by atoms with Crippen LogP contribution < -0.4 is 10.6 Å². The summed E-state index contributed by atoms with van der Waals surface area (Å²) in [6.45, 7) is 5.65. The first-order valence-electron chi connectivity index (χ1n) is 6.71. The Kier molecular flexibility index (Phi) is 4.98. The molecule has 1 amide bonds. The number of Topliss-reactive ketones (excluding diaryl/α,β-unsaturated/α-hetero) is 1. The molecule has 0 fully saturated rings. The Labute approximate surface area is 128 Å². The number of anilines is 2. The predicted molar refractivity (Wildman–Crippen MR) is 85.1 cm³/mol. The Hall–Kier alpha value is -3.02. The molecule has 6 nitrogen and oxygen atoms in total. The lowest BCUT2D eigenvalue weighted by molar-refractivity contribution is 0.101. The van der Waals surface area contributed by atoms with Gasteiger partial charge in [0.05, 0.1) is 0 Å². The maximum Gasteiger partial charge on any atom is 0.276 e. The van der Waals surface area contributed by atoms with Crippen molar-refractivity contribution in [1.29, 1.82) is 0 Å². The summed E-state index contributed by atoms with van der Waals surface area (Å²) in [6, 6.07) is 9.91. The second kappa shape index (κ2) is 7.12. The van der Waals surface area contributed by atoms with Gasteiger partial charge >= 0.3 is 0 Å². The molecule has 1 aromatic carbocycles. The van der Waals surface area contributed by atoms with Gasteiger partial charge in [0.1, 0.15) is 5.82 Å². The van der Waals surface area contributed by atoms with Gasteiger partial charge in [-0.05, 0) is 43.3 Å². The van der Waals surface area contributed by atoms with Crippen molar-refractivity contribution >= 4 is 23.2 Å². The molecule has 0 aliphatic carbocycles. The first-order chi connectivity index (χ1) is 10.6. The Morgan fingerprint density at radius 2 is 1.86 bits per heavy atom. The van der Waals surface area contributed by atoms with E-state index in [1.54, 1.807) is 42.5 Å². The van der Waals surface area contributed by atoms with E-state index >= 15 is 0 Å². The number of hydrogen-bond acceptors (Lipinski definition) is 5. The molecule has 0 radical (unpaired) electrons. The summed E-state index contributed by atoms with van der Waals surface area (Å²) in [5.41, 5.74) is 1.39.